The average Bonchev–Trinajstić information content (AvgIpc) is 3.33. The molecule has 1 aliphatic rings. The molecule has 1 aliphatic heterocycles. The molecule has 1 atom stereocenters. The Kier molecular flexibility index (Phi) is 6.57. The summed E-state index contributed by atoms with van der Waals surface area (Å²) in [6.45, 7) is 4.43. The quantitative estimate of drug-likeness (QED) is 0.447. The van der Waals surface area contributed by atoms with E-state index in [1.165, 1.54) is 22.1 Å². The molecule has 1 saturated heterocycles. The third kappa shape index (κ3) is 5.19. The van der Waals surface area contributed by atoms with Crippen LogP contribution in [0.15, 0.2) is 79.1 Å². The van der Waals surface area contributed by atoms with E-state index >= 15 is 0 Å². The summed E-state index contributed by atoms with van der Waals surface area (Å²) in [6.07, 6.45) is 0.852. The number of ether oxygens (including phenoxy) is 1. The number of fused-ring (bicyclic) bond motifs is 1. The predicted molar refractivity (Wildman–Crippen MR) is 125 cm³/mol. The van der Waals surface area contributed by atoms with Crippen molar-refractivity contribution in [1.29, 1.82) is 0 Å². The van der Waals surface area contributed by atoms with Gasteiger partial charge in [0.05, 0.1) is 6.04 Å². The predicted octanol–water partition coefficient (Wildman–Crippen LogP) is 2.27. The van der Waals surface area contributed by atoms with Crippen molar-refractivity contribution < 1.29 is 9.84 Å². The Labute approximate surface area is 193 Å². The van der Waals surface area contributed by atoms with Crippen LogP contribution in [0, 0.1) is 0 Å². The number of aromatic nitrogens is 4. The van der Waals surface area contributed by atoms with Crippen LogP contribution in [0.2, 0.25) is 0 Å². The Bertz CT molecular complexity index is 1110. The molecule has 0 spiro atoms. The number of nitrogens with zero attached hydrogens (tertiary/aromatic N) is 6. The molecular weight excluding hydrogens is 416 g/mol. The Morgan fingerprint density at radius 1 is 0.848 bits per heavy atom. The third-order valence-electron chi connectivity index (χ3n) is 6.02. The minimum atomic E-state index is -0.594. The highest BCUT2D eigenvalue weighted by atomic mass is 16.5. The maximum atomic E-state index is 10.5. The van der Waals surface area contributed by atoms with Gasteiger partial charge >= 0.3 is 0 Å². The van der Waals surface area contributed by atoms with Crippen LogP contribution in [-0.4, -0.2) is 80.2 Å². The third-order valence-corrected chi connectivity index (χ3v) is 6.02. The van der Waals surface area contributed by atoms with E-state index in [1.54, 1.807) is 12.1 Å². The first-order chi connectivity index (χ1) is 16.3. The number of benzene rings is 2. The highest BCUT2D eigenvalue weighted by Gasteiger charge is 2.27. The van der Waals surface area contributed by atoms with E-state index in [0.717, 1.165) is 26.2 Å². The zero-order chi connectivity index (χ0) is 22.5. The van der Waals surface area contributed by atoms with Gasteiger partial charge < -0.3 is 9.84 Å². The second-order valence-electron chi connectivity index (χ2n) is 8.30. The number of aliphatic hydroxyl groups excluding tert-OH is 1. The SMILES string of the molecule is OC(COc1ccc2ncnn2n1)CN1CCN(C(c2ccccc2)c2ccccc2)CC1. The molecule has 1 unspecified atom stereocenters. The first-order valence-electron chi connectivity index (χ1n) is 11.3. The molecule has 8 nitrogen and oxygen atoms in total. The van der Waals surface area contributed by atoms with Gasteiger partial charge in [-0.1, -0.05) is 60.7 Å². The molecule has 33 heavy (non-hydrogen) atoms. The molecule has 2 aromatic carbocycles. The molecule has 5 rings (SSSR count). The van der Waals surface area contributed by atoms with Crippen LogP contribution in [-0.2, 0) is 0 Å². The molecular formula is C25H28N6O2. The summed E-state index contributed by atoms with van der Waals surface area (Å²) >= 11 is 0. The van der Waals surface area contributed by atoms with E-state index < -0.39 is 6.10 Å². The maximum absolute atomic E-state index is 10.5. The van der Waals surface area contributed by atoms with Crippen molar-refractivity contribution in [3.05, 3.63) is 90.3 Å². The molecule has 8 heteroatoms. The number of β-amino-alcohol motifs (C(OH)–C–C–N with tert-alkyl or cyclic N) is 1. The number of hydrogen-bond acceptors (Lipinski definition) is 7. The number of rotatable bonds is 8. The standard InChI is InChI=1S/C25H28N6O2/c32-22(18-33-24-12-11-23-26-19-27-31(23)28-24)17-29-13-15-30(16-14-29)25(20-7-3-1-4-8-20)21-9-5-2-6-10-21/h1-12,19,22,25,32H,13-18H2. The van der Waals surface area contributed by atoms with E-state index in [2.05, 4.69) is 85.6 Å². The van der Waals surface area contributed by atoms with Crippen LogP contribution >= 0.6 is 0 Å². The first kappa shape index (κ1) is 21.5. The monoisotopic (exact) mass is 444 g/mol. The zero-order valence-electron chi connectivity index (χ0n) is 18.4. The second kappa shape index (κ2) is 10.1. The van der Waals surface area contributed by atoms with Crippen molar-refractivity contribution in [3.8, 4) is 5.88 Å². The molecule has 1 N–H and O–H groups in total. The molecule has 3 heterocycles. The zero-order valence-corrected chi connectivity index (χ0v) is 18.4. The van der Waals surface area contributed by atoms with E-state index in [-0.39, 0.29) is 12.6 Å². The number of hydrogen-bond donors (Lipinski definition) is 1. The molecule has 0 saturated carbocycles. The largest absolute Gasteiger partial charge is 0.474 e. The Morgan fingerprint density at radius 3 is 2.18 bits per heavy atom. The Morgan fingerprint density at radius 2 is 1.52 bits per heavy atom. The smallest absolute Gasteiger partial charge is 0.233 e. The lowest BCUT2D eigenvalue weighted by Crippen LogP contribution is -2.50. The van der Waals surface area contributed by atoms with E-state index in [4.69, 9.17) is 4.74 Å². The van der Waals surface area contributed by atoms with Gasteiger partial charge in [-0.25, -0.2) is 4.98 Å². The average molecular weight is 445 g/mol. The highest BCUT2D eigenvalue weighted by Crippen LogP contribution is 2.29. The molecule has 0 radical (unpaired) electrons. The van der Waals surface area contributed by atoms with Gasteiger partial charge in [0.25, 0.3) is 0 Å². The first-order valence-corrected chi connectivity index (χ1v) is 11.3. The summed E-state index contributed by atoms with van der Waals surface area (Å²) in [5.41, 5.74) is 3.27. The molecule has 2 aromatic heterocycles. The van der Waals surface area contributed by atoms with E-state index in [9.17, 15) is 5.11 Å². The molecule has 0 amide bonds. The molecule has 1 fully saturated rings. The van der Waals surface area contributed by atoms with Crippen LogP contribution in [0.25, 0.3) is 5.65 Å². The van der Waals surface area contributed by atoms with Gasteiger partial charge in [-0.05, 0) is 17.2 Å². The Balaban J connectivity index is 1.16. The van der Waals surface area contributed by atoms with Crippen LogP contribution < -0.4 is 4.74 Å². The summed E-state index contributed by atoms with van der Waals surface area (Å²) < 4.78 is 7.09. The molecule has 0 bridgehead atoms. The van der Waals surface area contributed by atoms with Gasteiger partial charge in [0.2, 0.25) is 5.88 Å². The van der Waals surface area contributed by atoms with E-state index in [1.807, 2.05) is 0 Å². The van der Waals surface area contributed by atoms with E-state index in [0.29, 0.717) is 18.1 Å². The summed E-state index contributed by atoms with van der Waals surface area (Å²) in [4.78, 5) is 8.89. The van der Waals surface area contributed by atoms with Gasteiger partial charge in [0.15, 0.2) is 5.65 Å². The number of piperazine rings is 1. The van der Waals surface area contributed by atoms with Crippen molar-refractivity contribution in [2.75, 3.05) is 39.3 Å². The van der Waals surface area contributed by atoms with Gasteiger partial charge in [-0.3, -0.25) is 9.80 Å². The number of aliphatic hydroxyl groups is 1. The van der Waals surface area contributed by atoms with Gasteiger partial charge in [-0.15, -0.1) is 14.8 Å². The van der Waals surface area contributed by atoms with Crippen molar-refractivity contribution in [2.24, 2.45) is 0 Å². The Hall–Kier alpha value is -3.33. The van der Waals surface area contributed by atoms with Crippen LogP contribution in [0.4, 0.5) is 0 Å². The van der Waals surface area contributed by atoms with Crippen LogP contribution in [0.3, 0.4) is 0 Å². The topological polar surface area (TPSA) is 79.0 Å². The molecule has 170 valence electrons. The summed E-state index contributed by atoms with van der Waals surface area (Å²) in [5.74, 6) is 0.422. The fourth-order valence-corrected chi connectivity index (χ4v) is 4.40. The van der Waals surface area contributed by atoms with Crippen molar-refractivity contribution in [3.63, 3.8) is 0 Å². The fraction of sp³-hybridized carbons (Fsp3) is 0.320. The molecule has 0 aliphatic carbocycles. The lowest BCUT2D eigenvalue weighted by molar-refractivity contribution is 0.0388. The minimum absolute atomic E-state index is 0.185. The lowest BCUT2D eigenvalue weighted by Gasteiger charge is -2.40. The summed E-state index contributed by atoms with van der Waals surface area (Å²) in [7, 11) is 0. The van der Waals surface area contributed by atoms with Crippen molar-refractivity contribution in [1.82, 2.24) is 29.6 Å². The maximum Gasteiger partial charge on any atom is 0.233 e. The summed E-state index contributed by atoms with van der Waals surface area (Å²) in [6, 6.07) is 25.1. The molecule has 4 aromatic rings. The van der Waals surface area contributed by atoms with Gasteiger partial charge in [-0.2, -0.15) is 0 Å². The van der Waals surface area contributed by atoms with Gasteiger partial charge in [0.1, 0.15) is 19.0 Å². The second-order valence-corrected chi connectivity index (χ2v) is 8.30. The van der Waals surface area contributed by atoms with Crippen LogP contribution in [0.1, 0.15) is 17.2 Å². The highest BCUT2D eigenvalue weighted by molar-refractivity contribution is 5.35. The minimum Gasteiger partial charge on any atom is -0.474 e. The van der Waals surface area contributed by atoms with Crippen molar-refractivity contribution in [2.45, 2.75) is 12.1 Å². The summed E-state index contributed by atoms with van der Waals surface area (Å²) in [5, 5.41) is 18.8. The van der Waals surface area contributed by atoms with Crippen molar-refractivity contribution >= 4 is 5.65 Å². The van der Waals surface area contributed by atoms with Crippen LogP contribution in [0.5, 0.6) is 5.88 Å². The normalized spacial score (nSPS) is 16.3. The van der Waals surface area contributed by atoms with Gasteiger partial charge in [0, 0.05) is 38.8 Å². The fourth-order valence-electron chi connectivity index (χ4n) is 4.40. The lowest BCUT2D eigenvalue weighted by atomic mass is 9.96.